The van der Waals surface area contributed by atoms with E-state index in [2.05, 4.69) is 0 Å². The summed E-state index contributed by atoms with van der Waals surface area (Å²) in [5.41, 5.74) is 0. The molecule has 1 heterocycles. The third-order valence-electron chi connectivity index (χ3n) is 1.91. The lowest BCUT2D eigenvalue weighted by atomic mass is 10.3. The summed E-state index contributed by atoms with van der Waals surface area (Å²) in [5, 5.41) is -0.171. The molecule has 0 aromatic rings. The van der Waals surface area contributed by atoms with Crippen LogP contribution in [0.5, 0.6) is 0 Å². The molecule has 12 heavy (non-hydrogen) atoms. The molecule has 0 bridgehead atoms. The van der Waals surface area contributed by atoms with Crippen LogP contribution in [-0.4, -0.2) is 27.1 Å². The molecule has 1 aliphatic rings. The van der Waals surface area contributed by atoms with Crippen LogP contribution in [0.15, 0.2) is 0 Å². The zero-order valence-electron chi connectivity index (χ0n) is 7.58. The zero-order valence-corrected chi connectivity index (χ0v) is 8.39. The summed E-state index contributed by atoms with van der Waals surface area (Å²) in [7, 11) is -2.69. The van der Waals surface area contributed by atoms with Gasteiger partial charge in [-0.25, -0.2) is 8.99 Å². The van der Waals surface area contributed by atoms with E-state index in [0.717, 1.165) is 12.8 Å². The van der Waals surface area contributed by atoms with Crippen LogP contribution in [0.4, 0.5) is 0 Å². The Balaban J connectivity index is 2.67. The molecule has 5 heteroatoms. The van der Waals surface area contributed by atoms with E-state index in [1.54, 1.807) is 13.8 Å². The maximum Gasteiger partial charge on any atom is 0.132 e. The Bertz CT molecular complexity index is 230. The summed E-state index contributed by atoms with van der Waals surface area (Å²) < 4.78 is 20.7. The fourth-order valence-electron chi connectivity index (χ4n) is 1.02. The maximum atomic E-state index is 11.7. The Kier molecular flexibility index (Phi) is 3.09. The number of nitrogens with zero attached hydrogens (tertiary/aromatic N) is 1. The van der Waals surface area contributed by atoms with Crippen molar-refractivity contribution in [2.45, 2.75) is 31.9 Å². The SMILES string of the molecule is CC(C)S(=N)(=O)N1CCCCO1. The van der Waals surface area contributed by atoms with Gasteiger partial charge < -0.3 is 0 Å². The Hall–Kier alpha value is -0.130. The number of hydrogen-bond donors (Lipinski definition) is 1. The van der Waals surface area contributed by atoms with E-state index >= 15 is 0 Å². The molecule has 1 saturated heterocycles. The van der Waals surface area contributed by atoms with Gasteiger partial charge in [0.1, 0.15) is 9.92 Å². The molecule has 0 aliphatic carbocycles. The van der Waals surface area contributed by atoms with Crippen molar-refractivity contribution in [1.82, 2.24) is 4.47 Å². The van der Waals surface area contributed by atoms with Crippen LogP contribution in [0.1, 0.15) is 26.7 Å². The van der Waals surface area contributed by atoms with Crippen LogP contribution in [0.2, 0.25) is 0 Å². The van der Waals surface area contributed by atoms with Crippen LogP contribution < -0.4 is 0 Å². The van der Waals surface area contributed by atoms with Crippen molar-refractivity contribution >= 4 is 9.92 Å². The normalized spacial score (nSPS) is 25.6. The standard InChI is InChI=1S/C7H16N2O2S/c1-7(2)12(8,10)9-5-3-4-6-11-9/h7-8H,3-6H2,1-2H3. The second-order valence-electron chi connectivity index (χ2n) is 3.21. The minimum atomic E-state index is -2.69. The van der Waals surface area contributed by atoms with Crippen molar-refractivity contribution in [3.63, 3.8) is 0 Å². The van der Waals surface area contributed by atoms with E-state index in [9.17, 15) is 4.21 Å². The van der Waals surface area contributed by atoms with Gasteiger partial charge in [-0.05, 0) is 26.7 Å². The third kappa shape index (κ3) is 1.97. The predicted octanol–water partition coefficient (Wildman–Crippen LogP) is 1.38. The highest BCUT2D eigenvalue weighted by molar-refractivity contribution is 7.90. The summed E-state index contributed by atoms with van der Waals surface area (Å²) in [6.07, 6.45) is 1.98. The summed E-state index contributed by atoms with van der Waals surface area (Å²) in [6, 6.07) is 0. The monoisotopic (exact) mass is 192 g/mol. The smallest absolute Gasteiger partial charge is 0.132 e. The number of hydrogen-bond acceptors (Lipinski definition) is 3. The molecule has 1 N–H and O–H groups in total. The van der Waals surface area contributed by atoms with Crippen molar-refractivity contribution in [2.24, 2.45) is 0 Å². The van der Waals surface area contributed by atoms with E-state index in [4.69, 9.17) is 9.62 Å². The fourth-order valence-corrected chi connectivity index (χ4v) is 2.12. The first-order chi connectivity index (χ1) is 5.55. The average molecular weight is 192 g/mol. The highest BCUT2D eigenvalue weighted by Gasteiger charge is 2.24. The first kappa shape index (κ1) is 9.95. The number of hydroxylamine groups is 1. The number of rotatable bonds is 2. The molecular formula is C7H16N2O2S. The van der Waals surface area contributed by atoms with E-state index < -0.39 is 9.92 Å². The Morgan fingerprint density at radius 2 is 2.17 bits per heavy atom. The van der Waals surface area contributed by atoms with Crippen LogP contribution in [0.3, 0.4) is 0 Å². The summed E-state index contributed by atoms with van der Waals surface area (Å²) >= 11 is 0. The molecule has 0 aromatic heterocycles. The first-order valence-corrected chi connectivity index (χ1v) is 5.81. The minimum absolute atomic E-state index is 0.171. The van der Waals surface area contributed by atoms with Crippen molar-refractivity contribution < 1.29 is 9.05 Å². The van der Waals surface area contributed by atoms with Crippen LogP contribution in [0, 0.1) is 4.78 Å². The molecule has 0 spiro atoms. The molecule has 0 aromatic carbocycles. The average Bonchev–Trinajstić information content (AvgIpc) is 2.06. The van der Waals surface area contributed by atoms with Gasteiger partial charge >= 0.3 is 0 Å². The first-order valence-electron chi connectivity index (χ1n) is 4.23. The predicted molar refractivity (Wildman–Crippen MR) is 47.9 cm³/mol. The maximum absolute atomic E-state index is 11.7. The van der Waals surface area contributed by atoms with Gasteiger partial charge in [-0.15, -0.1) is 0 Å². The minimum Gasteiger partial charge on any atom is -0.286 e. The van der Waals surface area contributed by atoms with Gasteiger partial charge in [0.05, 0.1) is 11.9 Å². The van der Waals surface area contributed by atoms with E-state index in [0.29, 0.717) is 13.2 Å². The molecular weight excluding hydrogens is 176 g/mol. The van der Waals surface area contributed by atoms with Crippen molar-refractivity contribution in [3.05, 3.63) is 0 Å². The fraction of sp³-hybridized carbons (Fsp3) is 1.00. The Morgan fingerprint density at radius 3 is 2.58 bits per heavy atom. The van der Waals surface area contributed by atoms with Gasteiger partial charge in [0.15, 0.2) is 0 Å². The summed E-state index contributed by atoms with van der Waals surface area (Å²) in [6.45, 7) is 4.80. The van der Waals surface area contributed by atoms with Gasteiger partial charge in [0.25, 0.3) is 0 Å². The molecule has 0 saturated carbocycles. The Labute approximate surface area is 74.0 Å². The van der Waals surface area contributed by atoms with Gasteiger partial charge in [0, 0.05) is 6.54 Å². The highest BCUT2D eigenvalue weighted by Crippen LogP contribution is 2.15. The lowest BCUT2D eigenvalue weighted by Gasteiger charge is -2.29. The van der Waals surface area contributed by atoms with Crippen LogP contribution >= 0.6 is 0 Å². The lowest BCUT2D eigenvalue weighted by molar-refractivity contribution is -0.107. The molecule has 1 aliphatic heterocycles. The summed E-state index contributed by atoms with van der Waals surface area (Å²) in [4.78, 5) is 5.17. The molecule has 72 valence electrons. The Morgan fingerprint density at radius 1 is 1.50 bits per heavy atom. The second-order valence-corrected chi connectivity index (χ2v) is 5.70. The van der Waals surface area contributed by atoms with Gasteiger partial charge in [0.2, 0.25) is 0 Å². The topological polar surface area (TPSA) is 53.4 Å². The number of nitrogens with one attached hydrogen (secondary N) is 1. The largest absolute Gasteiger partial charge is 0.286 e. The molecule has 4 nitrogen and oxygen atoms in total. The molecule has 1 rings (SSSR count). The highest BCUT2D eigenvalue weighted by atomic mass is 32.2. The molecule has 1 fully saturated rings. The summed E-state index contributed by atoms with van der Waals surface area (Å²) in [5.74, 6) is 0. The van der Waals surface area contributed by atoms with Crippen molar-refractivity contribution in [1.29, 1.82) is 4.78 Å². The lowest BCUT2D eigenvalue weighted by Crippen LogP contribution is -2.38. The van der Waals surface area contributed by atoms with Gasteiger partial charge in [-0.1, -0.05) is 4.47 Å². The van der Waals surface area contributed by atoms with Crippen LogP contribution in [-0.2, 0) is 14.8 Å². The quantitative estimate of drug-likeness (QED) is 0.718. The van der Waals surface area contributed by atoms with E-state index in [1.165, 1.54) is 4.47 Å². The van der Waals surface area contributed by atoms with Gasteiger partial charge in [-0.2, -0.15) is 0 Å². The van der Waals surface area contributed by atoms with E-state index in [-0.39, 0.29) is 5.25 Å². The van der Waals surface area contributed by atoms with Gasteiger partial charge in [-0.3, -0.25) is 4.84 Å². The molecule has 0 radical (unpaired) electrons. The molecule has 0 amide bonds. The van der Waals surface area contributed by atoms with Crippen molar-refractivity contribution in [2.75, 3.05) is 13.2 Å². The van der Waals surface area contributed by atoms with Crippen LogP contribution in [0.25, 0.3) is 0 Å². The molecule has 1 unspecified atom stereocenters. The van der Waals surface area contributed by atoms with Crippen molar-refractivity contribution in [3.8, 4) is 0 Å². The third-order valence-corrected chi connectivity index (χ3v) is 4.08. The molecule has 1 atom stereocenters. The van der Waals surface area contributed by atoms with E-state index in [1.807, 2.05) is 0 Å². The zero-order chi connectivity index (χ0) is 9.19. The second kappa shape index (κ2) is 3.72.